The van der Waals surface area contributed by atoms with Gasteiger partial charge in [0, 0.05) is 10.6 Å². The highest BCUT2D eigenvalue weighted by Crippen LogP contribution is 2.30. The van der Waals surface area contributed by atoms with Crippen LogP contribution in [0.25, 0.3) is 16.8 Å². The summed E-state index contributed by atoms with van der Waals surface area (Å²) >= 11 is 6.28. The van der Waals surface area contributed by atoms with Crippen molar-refractivity contribution in [3.05, 3.63) is 143 Å². The Morgan fingerprint density at radius 2 is 1.49 bits per heavy atom. The Kier molecular flexibility index (Phi) is 7.89. The zero-order valence-electron chi connectivity index (χ0n) is 22.8. The first-order valence-electron chi connectivity index (χ1n) is 13.5. The third-order valence-electron chi connectivity index (χ3n) is 6.98. The Bertz CT molecular complexity index is 1860. The van der Waals surface area contributed by atoms with Crippen LogP contribution in [0.15, 0.2) is 121 Å². The lowest BCUT2D eigenvalue weighted by atomic mass is 10.0. The molecule has 8 heteroatoms. The van der Waals surface area contributed by atoms with Crippen molar-refractivity contribution in [1.82, 2.24) is 5.32 Å². The second-order valence-electron chi connectivity index (χ2n) is 9.84. The molecule has 1 saturated heterocycles. The SMILES string of the molecule is O=C1NC(=O)N(c2ccc(OCc3ccccc3)cc2)C(=O)/C1=C/c1cc(Cl)ccc1OCc1cccc2ccccc12. The molecule has 43 heavy (non-hydrogen) atoms. The van der Waals surface area contributed by atoms with E-state index in [2.05, 4.69) is 5.32 Å². The van der Waals surface area contributed by atoms with Crippen LogP contribution in [-0.4, -0.2) is 17.8 Å². The maximum Gasteiger partial charge on any atom is 0.335 e. The molecule has 0 aliphatic carbocycles. The van der Waals surface area contributed by atoms with Gasteiger partial charge in [0.2, 0.25) is 0 Å². The fourth-order valence-corrected chi connectivity index (χ4v) is 5.00. The fourth-order valence-electron chi connectivity index (χ4n) is 4.82. The maximum atomic E-state index is 13.5. The van der Waals surface area contributed by atoms with Gasteiger partial charge in [-0.05, 0) is 70.4 Å². The van der Waals surface area contributed by atoms with E-state index in [0.717, 1.165) is 26.8 Å². The molecule has 0 bridgehead atoms. The highest BCUT2D eigenvalue weighted by Gasteiger charge is 2.37. The number of halogens is 1. The van der Waals surface area contributed by atoms with Crippen LogP contribution in [0.1, 0.15) is 16.7 Å². The van der Waals surface area contributed by atoms with E-state index in [1.165, 1.54) is 6.08 Å². The van der Waals surface area contributed by atoms with Crippen LogP contribution in [0.3, 0.4) is 0 Å². The van der Waals surface area contributed by atoms with E-state index in [1.807, 2.05) is 72.8 Å². The molecule has 1 heterocycles. The average Bonchev–Trinajstić information content (AvgIpc) is 3.02. The molecule has 1 aliphatic heterocycles. The lowest BCUT2D eigenvalue weighted by Crippen LogP contribution is -2.54. The van der Waals surface area contributed by atoms with Crippen molar-refractivity contribution in [3.63, 3.8) is 0 Å². The van der Waals surface area contributed by atoms with E-state index in [0.29, 0.717) is 28.7 Å². The molecular weight excluding hydrogens is 564 g/mol. The minimum Gasteiger partial charge on any atom is -0.489 e. The smallest absolute Gasteiger partial charge is 0.335 e. The Hall–Kier alpha value is -5.40. The van der Waals surface area contributed by atoms with Crippen LogP contribution in [-0.2, 0) is 22.8 Å². The van der Waals surface area contributed by atoms with Gasteiger partial charge in [-0.1, -0.05) is 84.4 Å². The second-order valence-corrected chi connectivity index (χ2v) is 10.3. The lowest BCUT2D eigenvalue weighted by molar-refractivity contribution is -0.122. The monoisotopic (exact) mass is 588 g/mol. The number of benzene rings is 5. The number of fused-ring (bicyclic) bond motifs is 1. The van der Waals surface area contributed by atoms with Crippen LogP contribution < -0.4 is 19.7 Å². The topological polar surface area (TPSA) is 84.9 Å². The molecule has 0 saturated carbocycles. The summed E-state index contributed by atoms with van der Waals surface area (Å²) in [7, 11) is 0. The third-order valence-corrected chi connectivity index (χ3v) is 7.21. The summed E-state index contributed by atoms with van der Waals surface area (Å²) < 4.78 is 12.0. The number of anilines is 1. The molecule has 1 N–H and O–H groups in total. The zero-order chi connectivity index (χ0) is 29.8. The van der Waals surface area contributed by atoms with Gasteiger partial charge in [0.25, 0.3) is 11.8 Å². The van der Waals surface area contributed by atoms with Gasteiger partial charge in [-0.2, -0.15) is 0 Å². The Morgan fingerprint density at radius 1 is 0.744 bits per heavy atom. The average molecular weight is 589 g/mol. The number of rotatable bonds is 8. The van der Waals surface area contributed by atoms with Gasteiger partial charge in [-0.15, -0.1) is 0 Å². The number of amides is 4. The normalized spacial score (nSPS) is 14.2. The number of imide groups is 2. The summed E-state index contributed by atoms with van der Waals surface area (Å²) in [5.74, 6) is -0.592. The van der Waals surface area contributed by atoms with Crippen molar-refractivity contribution in [3.8, 4) is 11.5 Å². The van der Waals surface area contributed by atoms with Crippen molar-refractivity contribution in [1.29, 1.82) is 0 Å². The molecule has 1 aliphatic rings. The number of ether oxygens (including phenoxy) is 2. The Balaban J connectivity index is 1.24. The van der Waals surface area contributed by atoms with Gasteiger partial charge < -0.3 is 9.47 Å². The van der Waals surface area contributed by atoms with Crippen molar-refractivity contribution < 1.29 is 23.9 Å². The number of barbiturate groups is 1. The number of hydrogen-bond donors (Lipinski definition) is 1. The molecule has 0 unspecified atom stereocenters. The number of urea groups is 1. The molecule has 1 fully saturated rings. The van der Waals surface area contributed by atoms with Crippen LogP contribution in [0.4, 0.5) is 10.5 Å². The molecule has 212 valence electrons. The molecule has 4 amide bonds. The highest BCUT2D eigenvalue weighted by atomic mass is 35.5. The molecule has 7 nitrogen and oxygen atoms in total. The van der Waals surface area contributed by atoms with Crippen LogP contribution >= 0.6 is 11.6 Å². The Morgan fingerprint density at radius 3 is 2.30 bits per heavy atom. The van der Waals surface area contributed by atoms with Gasteiger partial charge in [-0.25, -0.2) is 9.69 Å². The summed E-state index contributed by atoms with van der Waals surface area (Å²) in [5.41, 5.74) is 2.45. The van der Waals surface area contributed by atoms with Crippen molar-refractivity contribution in [2.75, 3.05) is 4.90 Å². The predicted octanol–water partition coefficient (Wildman–Crippen LogP) is 7.32. The summed E-state index contributed by atoms with van der Waals surface area (Å²) in [6.07, 6.45) is 1.39. The molecular formula is C35H25ClN2O5. The number of nitrogens with one attached hydrogen (secondary N) is 1. The number of hydrogen-bond acceptors (Lipinski definition) is 5. The largest absolute Gasteiger partial charge is 0.489 e. The van der Waals surface area contributed by atoms with E-state index < -0.39 is 17.8 Å². The molecule has 6 rings (SSSR count). The maximum absolute atomic E-state index is 13.5. The number of nitrogens with zero attached hydrogens (tertiary/aromatic N) is 1. The summed E-state index contributed by atoms with van der Waals surface area (Å²) in [6.45, 7) is 0.623. The summed E-state index contributed by atoms with van der Waals surface area (Å²) in [4.78, 5) is 40.1. The second kappa shape index (κ2) is 12.2. The highest BCUT2D eigenvalue weighted by molar-refractivity contribution is 6.39. The molecule has 5 aromatic rings. The first kappa shape index (κ1) is 27.8. The van der Waals surface area contributed by atoms with E-state index in [1.54, 1.807) is 42.5 Å². The Labute approximate surface area is 252 Å². The van der Waals surface area contributed by atoms with Crippen molar-refractivity contribution in [2.24, 2.45) is 0 Å². The fraction of sp³-hybridized carbons (Fsp3) is 0.0571. The van der Waals surface area contributed by atoms with Gasteiger partial charge in [0.05, 0.1) is 5.69 Å². The van der Waals surface area contributed by atoms with E-state index in [9.17, 15) is 14.4 Å². The van der Waals surface area contributed by atoms with Gasteiger partial charge in [0.15, 0.2) is 0 Å². The minimum absolute atomic E-state index is 0.235. The van der Waals surface area contributed by atoms with Crippen LogP contribution in [0.5, 0.6) is 11.5 Å². The standard InChI is InChI=1S/C35H25ClN2O5/c36-27-13-18-32(43-22-25-11-6-10-24-9-4-5-12-30(24)25)26(19-27)20-31-33(39)37-35(41)38(34(31)40)28-14-16-29(17-15-28)42-21-23-7-2-1-3-8-23/h1-20H,21-22H2,(H,37,39,41)/b31-20+. The van der Waals surface area contributed by atoms with Crippen molar-refractivity contribution in [2.45, 2.75) is 13.2 Å². The number of carbonyl (C=O) groups excluding carboxylic acids is 3. The first-order chi connectivity index (χ1) is 21.0. The van der Waals surface area contributed by atoms with E-state index >= 15 is 0 Å². The summed E-state index contributed by atoms with van der Waals surface area (Å²) in [6, 6.07) is 34.3. The van der Waals surface area contributed by atoms with Crippen LogP contribution in [0, 0.1) is 0 Å². The first-order valence-corrected chi connectivity index (χ1v) is 13.9. The van der Waals surface area contributed by atoms with Crippen molar-refractivity contribution >= 4 is 52.0 Å². The van der Waals surface area contributed by atoms with Crippen LogP contribution in [0.2, 0.25) is 5.02 Å². The predicted molar refractivity (Wildman–Crippen MR) is 166 cm³/mol. The van der Waals surface area contributed by atoms with E-state index in [4.69, 9.17) is 21.1 Å². The van der Waals surface area contributed by atoms with Gasteiger partial charge in [0.1, 0.15) is 30.3 Å². The van der Waals surface area contributed by atoms with Gasteiger partial charge in [-0.3, -0.25) is 14.9 Å². The lowest BCUT2D eigenvalue weighted by Gasteiger charge is -2.26. The molecule has 0 atom stereocenters. The third kappa shape index (κ3) is 6.12. The molecule has 0 aromatic heterocycles. The van der Waals surface area contributed by atoms with E-state index in [-0.39, 0.29) is 17.9 Å². The summed E-state index contributed by atoms with van der Waals surface area (Å²) in [5, 5.41) is 4.80. The zero-order valence-corrected chi connectivity index (χ0v) is 23.6. The quantitative estimate of drug-likeness (QED) is 0.152. The molecule has 0 radical (unpaired) electrons. The van der Waals surface area contributed by atoms with Gasteiger partial charge >= 0.3 is 6.03 Å². The molecule has 0 spiro atoms. The number of carbonyl (C=O) groups is 3. The minimum atomic E-state index is -0.844. The molecule has 5 aromatic carbocycles.